The summed E-state index contributed by atoms with van der Waals surface area (Å²) >= 11 is 0. The normalized spacial score (nSPS) is 15.5. The SMILES string of the molecule is COc1ccc(S(=O)(=O)[C@@](NCc2ccccc2)(C(=O)O)C(O[Si](C)(C)C(C)(C)C)C(C)C)cc1. The van der Waals surface area contributed by atoms with Gasteiger partial charge in [-0.2, -0.15) is 0 Å². The molecule has 0 aliphatic rings. The summed E-state index contributed by atoms with van der Waals surface area (Å²) in [5, 5.41) is 13.4. The van der Waals surface area contributed by atoms with E-state index in [4.69, 9.17) is 9.16 Å². The van der Waals surface area contributed by atoms with Gasteiger partial charge in [-0.25, -0.2) is 13.2 Å². The summed E-state index contributed by atoms with van der Waals surface area (Å²) in [6.45, 7) is 13.7. The van der Waals surface area contributed by atoms with E-state index in [1.807, 2.05) is 64.2 Å². The lowest BCUT2D eigenvalue weighted by Crippen LogP contribution is -2.69. The molecule has 0 saturated heterocycles. The number of benzene rings is 2. The van der Waals surface area contributed by atoms with Gasteiger partial charge in [-0.3, -0.25) is 5.32 Å². The Morgan fingerprint density at radius 2 is 1.57 bits per heavy atom. The number of ether oxygens (including phenoxy) is 1. The van der Waals surface area contributed by atoms with Gasteiger partial charge in [0.2, 0.25) is 14.7 Å². The van der Waals surface area contributed by atoms with Crippen LogP contribution in [0.15, 0.2) is 59.5 Å². The molecule has 0 heterocycles. The fourth-order valence-electron chi connectivity index (χ4n) is 3.61. The number of carbonyl (C=O) groups is 1. The van der Waals surface area contributed by atoms with E-state index in [0.717, 1.165) is 5.56 Å². The molecule has 2 rings (SSSR count). The van der Waals surface area contributed by atoms with Crippen molar-refractivity contribution >= 4 is 24.1 Å². The van der Waals surface area contributed by atoms with Crippen molar-refractivity contribution in [3.8, 4) is 5.75 Å². The summed E-state index contributed by atoms with van der Waals surface area (Å²) in [6.07, 6.45) is -1.16. The molecule has 0 bridgehead atoms. The second-order valence-electron chi connectivity index (χ2n) is 10.6. The molecule has 2 aromatic carbocycles. The molecule has 2 atom stereocenters. The van der Waals surface area contributed by atoms with Crippen molar-refractivity contribution in [2.45, 2.75) is 75.2 Å². The highest BCUT2D eigenvalue weighted by Gasteiger charge is 2.60. The molecule has 2 aromatic rings. The Kier molecular flexibility index (Phi) is 8.97. The molecule has 0 spiro atoms. The van der Waals surface area contributed by atoms with Gasteiger partial charge >= 0.3 is 5.97 Å². The van der Waals surface area contributed by atoms with E-state index in [1.165, 1.54) is 31.4 Å². The Labute approximate surface area is 210 Å². The van der Waals surface area contributed by atoms with Crippen LogP contribution in [0.5, 0.6) is 5.75 Å². The van der Waals surface area contributed by atoms with Gasteiger partial charge in [-0.1, -0.05) is 65.0 Å². The highest BCUT2D eigenvalue weighted by molar-refractivity contribution is 7.93. The molecule has 0 saturated carbocycles. The van der Waals surface area contributed by atoms with Gasteiger partial charge in [-0.05, 0) is 53.9 Å². The Hall–Kier alpha value is -2.20. The third-order valence-electron chi connectivity index (χ3n) is 6.74. The summed E-state index contributed by atoms with van der Waals surface area (Å²) in [4.78, 5) is 10.6. The quantitative estimate of drug-likeness (QED) is 0.397. The smallest absolute Gasteiger partial charge is 0.342 e. The second-order valence-corrected chi connectivity index (χ2v) is 17.5. The van der Waals surface area contributed by atoms with Crippen LogP contribution < -0.4 is 10.1 Å². The van der Waals surface area contributed by atoms with Crippen molar-refractivity contribution in [2.75, 3.05) is 7.11 Å². The highest BCUT2D eigenvalue weighted by atomic mass is 32.2. The molecule has 2 N–H and O–H groups in total. The average Bonchev–Trinajstić information content (AvgIpc) is 2.78. The predicted octanol–water partition coefficient (Wildman–Crippen LogP) is 5.09. The first-order valence-corrected chi connectivity index (χ1v) is 16.1. The summed E-state index contributed by atoms with van der Waals surface area (Å²) in [5.41, 5.74) is 0.762. The van der Waals surface area contributed by atoms with E-state index < -0.39 is 41.0 Å². The van der Waals surface area contributed by atoms with E-state index in [-0.39, 0.29) is 16.5 Å². The molecule has 0 fully saturated rings. The number of hydrogen-bond acceptors (Lipinski definition) is 6. The summed E-state index contributed by atoms with van der Waals surface area (Å²) in [6, 6.07) is 14.9. The number of rotatable bonds is 11. The molecule has 1 unspecified atom stereocenters. The Morgan fingerprint density at radius 1 is 1.03 bits per heavy atom. The van der Waals surface area contributed by atoms with Gasteiger partial charge < -0.3 is 14.3 Å². The van der Waals surface area contributed by atoms with Crippen LogP contribution in [0.1, 0.15) is 40.2 Å². The first-order chi connectivity index (χ1) is 16.1. The summed E-state index contributed by atoms with van der Waals surface area (Å²) in [5.74, 6) is -1.45. The van der Waals surface area contributed by atoms with E-state index >= 15 is 0 Å². The van der Waals surface area contributed by atoms with Gasteiger partial charge in [0.25, 0.3) is 0 Å². The van der Waals surface area contributed by atoms with Gasteiger partial charge in [-0.15, -0.1) is 0 Å². The zero-order chi connectivity index (χ0) is 26.7. The van der Waals surface area contributed by atoms with Gasteiger partial charge in [0.05, 0.1) is 18.1 Å². The minimum Gasteiger partial charge on any atom is -0.497 e. The number of nitrogens with one attached hydrogen (secondary N) is 1. The average molecular weight is 522 g/mol. The van der Waals surface area contributed by atoms with Gasteiger partial charge in [0.1, 0.15) is 5.75 Å². The van der Waals surface area contributed by atoms with E-state index in [0.29, 0.717) is 5.75 Å². The minimum absolute atomic E-state index is 0.0343. The van der Waals surface area contributed by atoms with Crippen molar-refractivity contribution in [3.05, 3.63) is 60.2 Å². The maximum atomic E-state index is 14.2. The molecular formula is C26H39NO6SSi. The van der Waals surface area contributed by atoms with Crippen LogP contribution in [0.4, 0.5) is 0 Å². The molecule has 0 amide bonds. The van der Waals surface area contributed by atoms with Crippen molar-refractivity contribution < 1.29 is 27.5 Å². The number of sulfone groups is 1. The summed E-state index contributed by atoms with van der Waals surface area (Å²) in [7, 11) is -5.58. The second kappa shape index (κ2) is 10.8. The van der Waals surface area contributed by atoms with Crippen LogP contribution in [0.3, 0.4) is 0 Å². The van der Waals surface area contributed by atoms with Crippen molar-refractivity contribution in [3.63, 3.8) is 0 Å². The van der Waals surface area contributed by atoms with Crippen LogP contribution in [0.25, 0.3) is 0 Å². The lowest BCUT2D eigenvalue weighted by atomic mass is 9.98. The molecule has 0 aliphatic carbocycles. The molecular weight excluding hydrogens is 482 g/mol. The van der Waals surface area contributed by atoms with E-state index in [2.05, 4.69) is 5.32 Å². The number of hydrogen-bond donors (Lipinski definition) is 2. The van der Waals surface area contributed by atoms with Crippen LogP contribution in [0.2, 0.25) is 18.1 Å². The fraction of sp³-hybridized carbons (Fsp3) is 0.500. The Bertz CT molecular complexity index is 1090. The van der Waals surface area contributed by atoms with Crippen molar-refractivity contribution in [1.29, 1.82) is 0 Å². The molecule has 7 nitrogen and oxygen atoms in total. The Balaban J connectivity index is 2.77. The maximum Gasteiger partial charge on any atom is 0.342 e. The lowest BCUT2D eigenvalue weighted by Gasteiger charge is -2.46. The maximum absolute atomic E-state index is 14.2. The van der Waals surface area contributed by atoms with Crippen LogP contribution in [-0.2, 0) is 25.6 Å². The molecule has 35 heavy (non-hydrogen) atoms. The third kappa shape index (κ3) is 5.96. The minimum atomic E-state index is -4.49. The highest BCUT2D eigenvalue weighted by Crippen LogP contribution is 2.42. The van der Waals surface area contributed by atoms with Gasteiger partial charge in [0.15, 0.2) is 8.32 Å². The van der Waals surface area contributed by atoms with Crippen molar-refractivity contribution in [1.82, 2.24) is 5.32 Å². The summed E-state index contributed by atoms with van der Waals surface area (Å²) < 4.78 is 40.3. The predicted molar refractivity (Wildman–Crippen MR) is 141 cm³/mol. The Morgan fingerprint density at radius 3 is 2.00 bits per heavy atom. The first-order valence-electron chi connectivity index (χ1n) is 11.7. The molecule has 9 heteroatoms. The number of aliphatic carboxylic acids is 1. The monoisotopic (exact) mass is 521 g/mol. The zero-order valence-corrected chi connectivity index (χ0v) is 23.8. The molecule has 0 aromatic heterocycles. The van der Waals surface area contributed by atoms with E-state index in [9.17, 15) is 18.3 Å². The van der Waals surface area contributed by atoms with Crippen LogP contribution in [0, 0.1) is 5.92 Å². The zero-order valence-electron chi connectivity index (χ0n) is 22.0. The number of carboxylic acids is 1. The molecule has 194 valence electrons. The first kappa shape index (κ1) is 29.0. The molecule has 0 aliphatic heterocycles. The largest absolute Gasteiger partial charge is 0.497 e. The van der Waals surface area contributed by atoms with Crippen LogP contribution in [-0.4, -0.2) is 45.9 Å². The third-order valence-corrected chi connectivity index (χ3v) is 13.5. The van der Waals surface area contributed by atoms with E-state index in [1.54, 1.807) is 13.8 Å². The lowest BCUT2D eigenvalue weighted by molar-refractivity contribution is -0.145. The van der Waals surface area contributed by atoms with Gasteiger partial charge in [0, 0.05) is 6.54 Å². The fourth-order valence-corrected chi connectivity index (χ4v) is 7.12. The van der Waals surface area contributed by atoms with Crippen LogP contribution >= 0.6 is 0 Å². The standard InChI is InChI=1S/C26H39NO6SSi/c1-19(2)23(33-35(7,8)25(3,4)5)26(24(28)29,27-18-20-12-10-9-11-13-20)34(30,31)22-16-14-21(32-6)15-17-22/h9-17,19,23,27H,18H2,1-8H3,(H,28,29)/t23?,26-/m1/s1. The topological polar surface area (TPSA) is 102 Å². The molecule has 0 radical (unpaired) electrons. The number of methoxy groups -OCH3 is 1. The number of carboxylic acid groups (broad SMARTS) is 1. The van der Waals surface area contributed by atoms with Crippen molar-refractivity contribution in [2.24, 2.45) is 5.92 Å².